The highest BCUT2D eigenvalue weighted by Gasteiger charge is 2.06. The molecule has 0 saturated heterocycles. The van der Waals surface area contributed by atoms with Crippen LogP contribution in [0, 0.1) is 0 Å². The summed E-state index contributed by atoms with van der Waals surface area (Å²) < 4.78 is 5.22. The number of benzene rings is 1. The number of carbonyl (C=O) groups excluding carboxylic acids is 1. The number of aliphatic hydroxyl groups excluding tert-OH is 1. The average molecular weight is 424 g/mol. The second-order valence-electron chi connectivity index (χ2n) is 6.09. The fourth-order valence-corrected chi connectivity index (χ4v) is 2.53. The van der Waals surface area contributed by atoms with Crippen molar-refractivity contribution in [3.05, 3.63) is 35.9 Å². The zero-order valence-electron chi connectivity index (χ0n) is 16.0. The Labute approximate surface area is 175 Å². The molecule has 6 nitrogen and oxygen atoms in total. The summed E-state index contributed by atoms with van der Waals surface area (Å²) in [7, 11) is 0. The molecule has 0 amide bonds. The van der Waals surface area contributed by atoms with Crippen LogP contribution in [0.15, 0.2) is 30.3 Å². The normalized spacial score (nSPS) is 10.2. The number of hydrogen-bond acceptors (Lipinski definition) is 6. The van der Waals surface area contributed by atoms with Crippen LogP contribution in [-0.2, 0) is 16.1 Å². The van der Waals surface area contributed by atoms with E-state index >= 15 is 0 Å². The lowest BCUT2D eigenvalue weighted by molar-refractivity contribution is -0.143. The summed E-state index contributed by atoms with van der Waals surface area (Å²) in [5, 5.41) is 12.3. The molecule has 1 rings (SSSR count). The van der Waals surface area contributed by atoms with Crippen LogP contribution in [-0.4, -0.2) is 61.9 Å². The largest absolute Gasteiger partial charge is 0.460 e. The molecule has 0 aliphatic carbocycles. The second-order valence-corrected chi connectivity index (χ2v) is 6.09. The highest BCUT2D eigenvalue weighted by molar-refractivity contribution is 5.85. The summed E-state index contributed by atoms with van der Waals surface area (Å²) in [6.07, 6.45) is 4.51. The summed E-state index contributed by atoms with van der Waals surface area (Å²) in [5.41, 5.74) is 6.47. The van der Waals surface area contributed by atoms with Gasteiger partial charge in [-0.05, 0) is 31.5 Å². The number of nitrogens with one attached hydrogen (secondary N) is 1. The number of carbonyl (C=O) groups is 1. The second kappa shape index (κ2) is 19.9. The van der Waals surface area contributed by atoms with Gasteiger partial charge in [-0.25, -0.2) is 0 Å². The number of hydrogen-bond donors (Lipinski definition) is 3. The first-order valence-corrected chi connectivity index (χ1v) is 9.19. The van der Waals surface area contributed by atoms with Crippen molar-refractivity contribution < 1.29 is 14.6 Å². The fourth-order valence-electron chi connectivity index (χ4n) is 2.53. The van der Waals surface area contributed by atoms with E-state index in [1.165, 1.54) is 6.42 Å². The lowest BCUT2D eigenvalue weighted by Crippen LogP contribution is -2.36. The summed E-state index contributed by atoms with van der Waals surface area (Å²) in [5.74, 6) is -0.251. The fraction of sp³-hybridized carbons (Fsp3) is 0.632. The molecule has 0 aromatic heterocycles. The topological polar surface area (TPSA) is 87.8 Å². The number of nitrogens with two attached hydrogens (primary N) is 1. The van der Waals surface area contributed by atoms with E-state index in [9.17, 15) is 4.79 Å². The van der Waals surface area contributed by atoms with Gasteiger partial charge in [0.1, 0.15) is 6.61 Å². The Morgan fingerprint density at radius 1 is 1.04 bits per heavy atom. The van der Waals surface area contributed by atoms with Crippen LogP contribution in [0.4, 0.5) is 0 Å². The van der Waals surface area contributed by atoms with Crippen LogP contribution in [0.2, 0.25) is 0 Å². The molecule has 8 heteroatoms. The average Bonchev–Trinajstić information content (AvgIpc) is 2.64. The molecule has 0 saturated carbocycles. The van der Waals surface area contributed by atoms with E-state index < -0.39 is 0 Å². The van der Waals surface area contributed by atoms with Crippen molar-refractivity contribution in [1.29, 1.82) is 0 Å². The van der Waals surface area contributed by atoms with E-state index in [1.807, 2.05) is 30.3 Å². The van der Waals surface area contributed by atoms with Gasteiger partial charge in [0, 0.05) is 19.6 Å². The zero-order valence-corrected chi connectivity index (χ0v) is 17.6. The Morgan fingerprint density at radius 2 is 1.74 bits per heavy atom. The minimum atomic E-state index is -0.251. The molecular weight excluding hydrogens is 389 g/mol. The summed E-state index contributed by atoms with van der Waals surface area (Å²) in [6.45, 7) is 4.55. The molecule has 1 aromatic rings. The van der Waals surface area contributed by atoms with Crippen molar-refractivity contribution in [3.63, 3.8) is 0 Å². The van der Waals surface area contributed by atoms with Gasteiger partial charge in [0.2, 0.25) is 0 Å². The van der Waals surface area contributed by atoms with Crippen LogP contribution in [0.3, 0.4) is 0 Å². The maximum Gasteiger partial charge on any atom is 0.320 e. The van der Waals surface area contributed by atoms with Gasteiger partial charge < -0.3 is 20.9 Å². The number of unbranched alkanes of at least 4 members (excludes halogenated alkanes) is 3. The van der Waals surface area contributed by atoms with Gasteiger partial charge in [0.15, 0.2) is 0 Å². The molecule has 0 radical (unpaired) electrons. The van der Waals surface area contributed by atoms with Crippen molar-refractivity contribution in [2.75, 3.05) is 45.9 Å². The minimum absolute atomic E-state index is 0. The standard InChI is InChI=1S/C19H33N3O3.2ClH/c20-10-6-1-2-7-12-22(14-15-23)13-11-21-16-19(24)25-17-18-8-4-3-5-9-18;;/h3-5,8-9,21,23H,1-2,6-7,10-17,20H2;2*1H. The smallest absolute Gasteiger partial charge is 0.320 e. The SMILES string of the molecule is Cl.Cl.NCCCCCCN(CCO)CCNCC(=O)OCc1ccccc1. The quantitative estimate of drug-likeness (QED) is 0.295. The predicted molar refractivity (Wildman–Crippen MR) is 115 cm³/mol. The van der Waals surface area contributed by atoms with E-state index in [1.54, 1.807) is 0 Å². The Bertz CT molecular complexity index is 453. The molecular formula is C19H35Cl2N3O3. The third kappa shape index (κ3) is 15.8. The number of nitrogens with zero attached hydrogens (tertiary/aromatic N) is 1. The van der Waals surface area contributed by atoms with Crippen molar-refractivity contribution in [1.82, 2.24) is 10.2 Å². The Hall–Kier alpha value is -0.890. The lowest BCUT2D eigenvalue weighted by Gasteiger charge is -2.21. The zero-order chi connectivity index (χ0) is 18.2. The molecule has 0 fully saturated rings. The van der Waals surface area contributed by atoms with Crippen molar-refractivity contribution in [3.8, 4) is 0 Å². The van der Waals surface area contributed by atoms with Crippen LogP contribution in [0.1, 0.15) is 31.2 Å². The molecule has 0 aliphatic rings. The molecule has 0 heterocycles. The number of ether oxygens (including phenoxy) is 1. The van der Waals surface area contributed by atoms with Gasteiger partial charge in [-0.2, -0.15) is 0 Å². The molecule has 0 atom stereocenters. The first-order valence-electron chi connectivity index (χ1n) is 9.19. The molecule has 27 heavy (non-hydrogen) atoms. The van der Waals surface area contributed by atoms with Crippen molar-refractivity contribution in [2.24, 2.45) is 5.73 Å². The third-order valence-electron chi connectivity index (χ3n) is 3.96. The predicted octanol–water partition coefficient (Wildman–Crippen LogP) is 1.98. The molecule has 0 aliphatic heterocycles. The number of rotatable bonds is 15. The van der Waals surface area contributed by atoms with E-state index in [2.05, 4.69) is 10.2 Å². The van der Waals surface area contributed by atoms with E-state index in [4.69, 9.17) is 15.6 Å². The summed E-state index contributed by atoms with van der Waals surface area (Å²) >= 11 is 0. The van der Waals surface area contributed by atoms with Crippen LogP contribution in [0.25, 0.3) is 0 Å². The van der Waals surface area contributed by atoms with Gasteiger partial charge in [-0.3, -0.25) is 9.69 Å². The van der Waals surface area contributed by atoms with Crippen LogP contribution < -0.4 is 11.1 Å². The first kappa shape index (κ1) is 28.3. The monoisotopic (exact) mass is 423 g/mol. The van der Waals surface area contributed by atoms with Gasteiger partial charge in [0.05, 0.1) is 13.2 Å². The molecule has 1 aromatic carbocycles. The maximum absolute atomic E-state index is 11.7. The van der Waals surface area contributed by atoms with Crippen LogP contribution in [0.5, 0.6) is 0 Å². The highest BCUT2D eigenvalue weighted by Crippen LogP contribution is 2.01. The van der Waals surface area contributed by atoms with E-state index in [-0.39, 0.29) is 43.9 Å². The number of esters is 1. The number of halogens is 2. The Balaban J connectivity index is 0. The molecule has 0 bridgehead atoms. The van der Waals surface area contributed by atoms with Crippen molar-refractivity contribution >= 4 is 30.8 Å². The van der Waals surface area contributed by atoms with Gasteiger partial charge in [-0.1, -0.05) is 43.2 Å². The Morgan fingerprint density at radius 3 is 2.41 bits per heavy atom. The Kier molecular flexibility index (Phi) is 20.8. The van der Waals surface area contributed by atoms with Crippen LogP contribution >= 0.6 is 24.8 Å². The highest BCUT2D eigenvalue weighted by atomic mass is 35.5. The number of aliphatic hydroxyl groups is 1. The minimum Gasteiger partial charge on any atom is -0.460 e. The van der Waals surface area contributed by atoms with E-state index in [0.717, 1.165) is 44.5 Å². The molecule has 0 unspecified atom stereocenters. The molecule has 4 N–H and O–H groups in total. The first-order chi connectivity index (χ1) is 12.3. The molecule has 0 spiro atoms. The summed E-state index contributed by atoms with van der Waals surface area (Å²) in [6, 6.07) is 9.64. The summed E-state index contributed by atoms with van der Waals surface area (Å²) in [4.78, 5) is 13.9. The third-order valence-corrected chi connectivity index (χ3v) is 3.96. The van der Waals surface area contributed by atoms with Crippen molar-refractivity contribution in [2.45, 2.75) is 32.3 Å². The van der Waals surface area contributed by atoms with E-state index in [0.29, 0.717) is 19.7 Å². The van der Waals surface area contributed by atoms with Gasteiger partial charge in [-0.15, -0.1) is 24.8 Å². The maximum atomic E-state index is 11.7. The van der Waals surface area contributed by atoms with Gasteiger partial charge >= 0.3 is 5.97 Å². The molecule has 158 valence electrons. The van der Waals surface area contributed by atoms with Gasteiger partial charge in [0.25, 0.3) is 0 Å². The lowest BCUT2D eigenvalue weighted by atomic mass is 10.2.